The Bertz CT molecular complexity index is 1140. The minimum Gasteiger partial charge on any atom is -0.471 e. The van der Waals surface area contributed by atoms with Crippen LogP contribution in [0.5, 0.6) is 5.88 Å². The first-order valence-electron chi connectivity index (χ1n) is 11.0. The molecule has 2 aliphatic heterocycles. The maximum atomic E-state index is 15.3. The Labute approximate surface area is 200 Å². The van der Waals surface area contributed by atoms with E-state index in [0.29, 0.717) is 37.0 Å². The van der Waals surface area contributed by atoms with Crippen molar-refractivity contribution in [2.24, 2.45) is 11.8 Å². The van der Waals surface area contributed by atoms with Crippen LogP contribution in [0.4, 0.5) is 20.7 Å². The molecule has 1 N–H and O–H groups in total. The van der Waals surface area contributed by atoms with Gasteiger partial charge < -0.3 is 24.4 Å². The zero-order valence-electron chi connectivity index (χ0n) is 18.5. The number of rotatable bonds is 5. The standard InChI is InChI=1S/C23H23ClFN5O4/c1-23(4-5-23)34-22(31)30-8-14-10-32-11-15(9-30)19(14)33-21-18(25)20(27-12-28-21)29-17-3-2-16(24)6-13(17)7-26/h2-3,6,12,14-15,19H,4-5,8-11H2,1H3,(H,27,28,29). The average Bonchev–Trinajstić information content (AvgIpc) is 3.53. The van der Waals surface area contributed by atoms with E-state index in [1.165, 1.54) is 12.4 Å². The number of aromatic nitrogens is 2. The van der Waals surface area contributed by atoms with Gasteiger partial charge in [0.2, 0.25) is 5.82 Å². The zero-order valence-corrected chi connectivity index (χ0v) is 19.2. The highest BCUT2D eigenvalue weighted by molar-refractivity contribution is 6.30. The first-order chi connectivity index (χ1) is 16.3. The Balaban J connectivity index is 1.31. The molecule has 11 heteroatoms. The van der Waals surface area contributed by atoms with Crippen LogP contribution in [0.15, 0.2) is 24.5 Å². The van der Waals surface area contributed by atoms with Crippen molar-refractivity contribution in [1.29, 1.82) is 5.26 Å². The number of piperidine rings is 1. The number of nitrogens with one attached hydrogen (secondary N) is 1. The monoisotopic (exact) mass is 487 g/mol. The molecular weight excluding hydrogens is 465 g/mol. The lowest BCUT2D eigenvalue weighted by Gasteiger charge is -2.46. The van der Waals surface area contributed by atoms with Gasteiger partial charge in [-0.25, -0.2) is 9.78 Å². The molecule has 0 spiro atoms. The summed E-state index contributed by atoms with van der Waals surface area (Å²) in [6.07, 6.45) is 2.24. The van der Waals surface area contributed by atoms with Crippen LogP contribution < -0.4 is 10.1 Å². The SMILES string of the molecule is CC1(OC(=O)N2CC3COCC(C2)C3Oc2ncnc(Nc3ccc(Cl)cc3C#N)c2F)CC1. The van der Waals surface area contributed by atoms with Crippen molar-refractivity contribution in [3.63, 3.8) is 0 Å². The molecule has 2 aromatic rings. The second kappa shape index (κ2) is 8.89. The first kappa shape index (κ1) is 22.6. The molecule has 3 aliphatic rings. The highest BCUT2D eigenvalue weighted by atomic mass is 35.5. The van der Waals surface area contributed by atoms with E-state index in [1.807, 2.05) is 13.0 Å². The van der Waals surface area contributed by atoms with E-state index in [1.54, 1.807) is 17.0 Å². The van der Waals surface area contributed by atoms with Crippen LogP contribution in [0.3, 0.4) is 0 Å². The van der Waals surface area contributed by atoms with E-state index in [2.05, 4.69) is 15.3 Å². The first-order valence-corrected chi connectivity index (χ1v) is 11.4. The molecule has 2 unspecified atom stereocenters. The molecule has 5 rings (SSSR count). The van der Waals surface area contributed by atoms with E-state index in [0.717, 1.165) is 12.8 Å². The van der Waals surface area contributed by atoms with E-state index in [9.17, 15) is 10.1 Å². The quantitative estimate of drug-likeness (QED) is 0.676. The molecule has 1 aromatic heterocycles. The van der Waals surface area contributed by atoms with Crippen molar-refractivity contribution >= 4 is 29.2 Å². The number of benzene rings is 1. The van der Waals surface area contributed by atoms with Crippen LogP contribution in [0.25, 0.3) is 0 Å². The van der Waals surface area contributed by atoms with Gasteiger partial charge in [0.1, 0.15) is 24.1 Å². The molecule has 34 heavy (non-hydrogen) atoms. The normalized spacial score (nSPS) is 24.6. The third-order valence-electron chi connectivity index (χ3n) is 6.41. The van der Waals surface area contributed by atoms with Crippen LogP contribution in [-0.2, 0) is 9.47 Å². The summed E-state index contributed by atoms with van der Waals surface area (Å²) in [4.78, 5) is 22.2. The minimum atomic E-state index is -0.774. The van der Waals surface area contributed by atoms with Gasteiger partial charge >= 0.3 is 6.09 Å². The van der Waals surface area contributed by atoms with Gasteiger partial charge in [0, 0.05) is 29.9 Å². The van der Waals surface area contributed by atoms with Crippen LogP contribution in [0, 0.1) is 29.0 Å². The average molecular weight is 488 g/mol. The van der Waals surface area contributed by atoms with E-state index in [-0.39, 0.29) is 46.9 Å². The number of likely N-dealkylation sites (tertiary alicyclic amines) is 1. The number of halogens is 2. The fourth-order valence-corrected chi connectivity index (χ4v) is 4.46. The third-order valence-corrected chi connectivity index (χ3v) is 6.64. The topological polar surface area (TPSA) is 110 Å². The number of carbonyl (C=O) groups excluding carboxylic acids is 1. The molecule has 2 bridgehead atoms. The Kier molecular flexibility index (Phi) is 5.91. The van der Waals surface area contributed by atoms with Crippen LogP contribution in [0.1, 0.15) is 25.3 Å². The van der Waals surface area contributed by atoms with E-state index >= 15 is 4.39 Å². The summed E-state index contributed by atoms with van der Waals surface area (Å²) in [6, 6.07) is 6.65. The molecule has 3 fully saturated rings. The number of carbonyl (C=O) groups is 1. The smallest absolute Gasteiger partial charge is 0.410 e. The predicted octanol–water partition coefficient (Wildman–Crippen LogP) is 3.90. The van der Waals surface area contributed by atoms with Gasteiger partial charge in [-0.05, 0) is 38.0 Å². The summed E-state index contributed by atoms with van der Waals surface area (Å²) in [5, 5.41) is 12.5. The number of nitriles is 1. The summed E-state index contributed by atoms with van der Waals surface area (Å²) < 4.78 is 32.6. The lowest BCUT2D eigenvalue weighted by atomic mass is 9.84. The van der Waals surface area contributed by atoms with Crippen LogP contribution in [0.2, 0.25) is 5.02 Å². The van der Waals surface area contributed by atoms with Crippen LogP contribution >= 0.6 is 11.6 Å². The number of hydrogen-bond donors (Lipinski definition) is 1. The van der Waals surface area contributed by atoms with Gasteiger partial charge in [0.05, 0.1) is 24.5 Å². The number of fused-ring (bicyclic) bond motifs is 2. The van der Waals surface area contributed by atoms with Crippen molar-refractivity contribution in [3.8, 4) is 11.9 Å². The van der Waals surface area contributed by atoms with E-state index < -0.39 is 5.82 Å². The minimum absolute atomic E-state index is 0.121. The highest BCUT2D eigenvalue weighted by Crippen LogP contribution is 2.40. The Morgan fingerprint density at radius 3 is 2.74 bits per heavy atom. The third kappa shape index (κ3) is 4.58. The van der Waals surface area contributed by atoms with E-state index in [4.69, 9.17) is 25.8 Å². The number of amides is 1. The lowest BCUT2D eigenvalue weighted by molar-refractivity contribution is -0.112. The van der Waals surface area contributed by atoms with Gasteiger partial charge in [0.25, 0.3) is 5.88 Å². The van der Waals surface area contributed by atoms with Gasteiger partial charge in [-0.1, -0.05) is 11.6 Å². The van der Waals surface area contributed by atoms with Crippen molar-refractivity contribution in [3.05, 3.63) is 40.9 Å². The van der Waals surface area contributed by atoms with Crippen molar-refractivity contribution in [2.75, 3.05) is 31.6 Å². The summed E-state index contributed by atoms with van der Waals surface area (Å²) in [5.41, 5.74) is 0.259. The molecule has 2 saturated heterocycles. The molecule has 1 aromatic carbocycles. The van der Waals surface area contributed by atoms with Gasteiger partial charge in [-0.15, -0.1) is 0 Å². The fraction of sp³-hybridized carbons (Fsp3) is 0.478. The van der Waals surface area contributed by atoms with Crippen molar-refractivity contribution in [1.82, 2.24) is 14.9 Å². The maximum absolute atomic E-state index is 15.3. The summed E-state index contributed by atoms with van der Waals surface area (Å²) in [7, 11) is 0. The van der Waals surface area contributed by atoms with Crippen molar-refractivity contribution in [2.45, 2.75) is 31.5 Å². The van der Waals surface area contributed by atoms with Gasteiger partial charge in [-0.2, -0.15) is 14.6 Å². The summed E-state index contributed by atoms with van der Waals surface area (Å²) in [6.45, 7) is 3.48. The second-order valence-corrected chi connectivity index (χ2v) is 9.57. The van der Waals surface area contributed by atoms with Crippen LogP contribution in [-0.4, -0.2) is 59.0 Å². The van der Waals surface area contributed by atoms with Gasteiger partial charge in [0.15, 0.2) is 5.82 Å². The number of hydrogen-bond acceptors (Lipinski definition) is 8. The predicted molar refractivity (Wildman–Crippen MR) is 119 cm³/mol. The lowest BCUT2D eigenvalue weighted by Crippen LogP contribution is -2.59. The molecule has 1 aliphatic carbocycles. The number of ether oxygens (including phenoxy) is 3. The Morgan fingerprint density at radius 1 is 1.32 bits per heavy atom. The van der Waals surface area contributed by atoms with Crippen molar-refractivity contribution < 1.29 is 23.4 Å². The molecule has 1 amide bonds. The Morgan fingerprint density at radius 2 is 2.06 bits per heavy atom. The molecule has 178 valence electrons. The molecule has 3 heterocycles. The van der Waals surface area contributed by atoms with Gasteiger partial charge in [-0.3, -0.25) is 0 Å². The number of anilines is 2. The summed E-state index contributed by atoms with van der Waals surface area (Å²) in [5.74, 6) is -1.40. The maximum Gasteiger partial charge on any atom is 0.410 e. The molecule has 9 nitrogen and oxygen atoms in total. The highest BCUT2D eigenvalue weighted by Gasteiger charge is 2.47. The summed E-state index contributed by atoms with van der Waals surface area (Å²) >= 11 is 5.93. The second-order valence-electron chi connectivity index (χ2n) is 9.13. The fourth-order valence-electron chi connectivity index (χ4n) is 4.29. The largest absolute Gasteiger partial charge is 0.471 e. The number of nitrogens with zero attached hydrogens (tertiary/aromatic N) is 4. The zero-order chi connectivity index (χ0) is 23.9. The molecule has 1 saturated carbocycles. The molecule has 2 atom stereocenters. The molecular formula is C23H23ClFN5O4. The Hall–Kier alpha value is -3.16. The molecule has 0 radical (unpaired) electrons.